The molecule has 0 aliphatic carbocycles. The number of ether oxygens (including phenoxy) is 2. The summed E-state index contributed by atoms with van der Waals surface area (Å²) in [4.78, 5) is 4.42. The van der Waals surface area contributed by atoms with Gasteiger partial charge in [0.2, 0.25) is 0 Å². The lowest BCUT2D eigenvalue weighted by atomic mass is 9.98. The average molecular weight is 335 g/mol. The van der Waals surface area contributed by atoms with Crippen LogP contribution in [-0.4, -0.2) is 29.9 Å². The molecule has 0 bridgehead atoms. The van der Waals surface area contributed by atoms with Gasteiger partial charge < -0.3 is 14.6 Å². The van der Waals surface area contributed by atoms with Gasteiger partial charge in [-0.2, -0.15) is 0 Å². The first-order valence-corrected chi connectivity index (χ1v) is 8.20. The van der Waals surface area contributed by atoms with Gasteiger partial charge in [-0.3, -0.25) is 4.98 Å². The molecule has 3 aromatic rings. The lowest BCUT2D eigenvalue weighted by Crippen LogP contribution is -2.20. The predicted molar refractivity (Wildman–Crippen MR) is 97.9 cm³/mol. The van der Waals surface area contributed by atoms with Crippen molar-refractivity contribution in [2.24, 2.45) is 0 Å². The number of aliphatic hydroxyl groups excluding tert-OH is 1. The molecule has 0 radical (unpaired) electrons. The summed E-state index contributed by atoms with van der Waals surface area (Å²) in [5.41, 5.74) is 2.81. The lowest BCUT2D eigenvalue weighted by molar-refractivity contribution is 0.108. The van der Waals surface area contributed by atoms with E-state index in [0.717, 1.165) is 28.3 Å². The van der Waals surface area contributed by atoms with Crippen LogP contribution in [0.25, 0.3) is 11.3 Å². The number of methoxy groups -OCH3 is 1. The summed E-state index contributed by atoms with van der Waals surface area (Å²) in [6.07, 6.45) is 1.62. The van der Waals surface area contributed by atoms with Crippen LogP contribution < -0.4 is 9.47 Å². The molecule has 4 heteroatoms. The normalized spacial score (nSPS) is 11.8. The zero-order valence-electron chi connectivity index (χ0n) is 14.1. The van der Waals surface area contributed by atoms with Crippen molar-refractivity contribution >= 4 is 0 Å². The van der Waals surface area contributed by atoms with Crippen LogP contribution in [0.4, 0.5) is 0 Å². The highest BCUT2D eigenvalue weighted by Crippen LogP contribution is 2.27. The molecule has 1 N–H and O–H groups in total. The molecule has 1 aromatic heterocycles. The quantitative estimate of drug-likeness (QED) is 0.715. The van der Waals surface area contributed by atoms with Gasteiger partial charge in [-0.15, -0.1) is 0 Å². The minimum Gasteiger partial charge on any atom is -0.497 e. The van der Waals surface area contributed by atoms with Crippen LogP contribution in [0.3, 0.4) is 0 Å². The third-order valence-electron chi connectivity index (χ3n) is 3.90. The number of pyridine rings is 1. The topological polar surface area (TPSA) is 51.6 Å². The molecule has 0 fully saturated rings. The van der Waals surface area contributed by atoms with Gasteiger partial charge in [0.15, 0.2) is 0 Å². The van der Waals surface area contributed by atoms with E-state index in [9.17, 15) is 5.11 Å². The monoisotopic (exact) mass is 335 g/mol. The van der Waals surface area contributed by atoms with Crippen LogP contribution in [-0.2, 0) is 6.42 Å². The van der Waals surface area contributed by atoms with Crippen molar-refractivity contribution in [1.82, 2.24) is 4.98 Å². The second kappa shape index (κ2) is 8.31. The molecule has 25 heavy (non-hydrogen) atoms. The third kappa shape index (κ3) is 4.58. The summed E-state index contributed by atoms with van der Waals surface area (Å²) >= 11 is 0. The number of hydrogen-bond donors (Lipinski definition) is 1. The van der Waals surface area contributed by atoms with E-state index in [1.807, 2.05) is 66.7 Å². The van der Waals surface area contributed by atoms with Gasteiger partial charge in [-0.05, 0) is 42.0 Å². The zero-order chi connectivity index (χ0) is 17.5. The van der Waals surface area contributed by atoms with Crippen LogP contribution in [0.2, 0.25) is 0 Å². The summed E-state index contributed by atoms with van der Waals surface area (Å²) in [7, 11) is 1.64. The number of aliphatic hydroxyl groups is 1. The molecule has 128 valence electrons. The fourth-order valence-corrected chi connectivity index (χ4v) is 2.64. The highest BCUT2D eigenvalue weighted by atomic mass is 16.5. The van der Waals surface area contributed by atoms with E-state index in [-0.39, 0.29) is 6.61 Å². The molecule has 3 rings (SSSR count). The first-order valence-electron chi connectivity index (χ1n) is 8.20. The van der Waals surface area contributed by atoms with Gasteiger partial charge in [0, 0.05) is 18.2 Å². The highest BCUT2D eigenvalue weighted by Gasteiger charge is 2.13. The van der Waals surface area contributed by atoms with E-state index >= 15 is 0 Å². The highest BCUT2D eigenvalue weighted by molar-refractivity contribution is 5.65. The van der Waals surface area contributed by atoms with Crippen molar-refractivity contribution in [3.8, 4) is 22.8 Å². The second-order valence-corrected chi connectivity index (χ2v) is 5.72. The van der Waals surface area contributed by atoms with Crippen LogP contribution in [0.1, 0.15) is 5.56 Å². The van der Waals surface area contributed by atoms with Crippen LogP contribution in [0.15, 0.2) is 72.9 Å². The molecular formula is C21H21NO3. The Labute approximate surface area is 147 Å². The van der Waals surface area contributed by atoms with Crippen molar-refractivity contribution in [2.75, 3.05) is 13.7 Å². The third-order valence-corrected chi connectivity index (χ3v) is 3.90. The largest absolute Gasteiger partial charge is 0.497 e. The number of rotatable bonds is 7. The van der Waals surface area contributed by atoms with Gasteiger partial charge in [0.1, 0.15) is 18.1 Å². The van der Waals surface area contributed by atoms with E-state index in [2.05, 4.69) is 4.98 Å². The van der Waals surface area contributed by atoms with Crippen LogP contribution in [0, 0.1) is 0 Å². The lowest BCUT2D eigenvalue weighted by Gasteiger charge is -2.16. The van der Waals surface area contributed by atoms with E-state index < -0.39 is 6.10 Å². The minimum atomic E-state index is -0.615. The smallest absolute Gasteiger partial charge is 0.119 e. The molecule has 0 aliphatic rings. The van der Waals surface area contributed by atoms with E-state index in [0.29, 0.717) is 6.42 Å². The first-order chi connectivity index (χ1) is 12.3. The predicted octanol–water partition coefficient (Wildman–Crippen LogP) is 3.74. The second-order valence-electron chi connectivity index (χ2n) is 5.72. The maximum absolute atomic E-state index is 10.4. The first kappa shape index (κ1) is 17.0. The fourth-order valence-electron chi connectivity index (χ4n) is 2.64. The SMILES string of the molecule is COc1ccc(CC(O)COc2ccccc2)c(-c2ccccn2)c1. The summed E-state index contributed by atoms with van der Waals surface area (Å²) in [6, 6.07) is 21.1. The Morgan fingerprint density at radius 2 is 1.76 bits per heavy atom. The van der Waals surface area contributed by atoms with Gasteiger partial charge >= 0.3 is 0 Å². The molecule has 1 atom stereocenters. The van der Waals surface area contributed by atoms with Crippen LogP contribution in [0.5, 0.6) is 11.5 Å². The van der Waals surface area contributed by atoms with Crippen molar-refractivity contribution in [3.63, 3.8) is 0 Å². The molecule has 0 saturated carbocycles. The van der Waals surface area contributed by atoms with E-state index in [1.54, 1.807) is 13.3 Å². The summed E-state index contributed by atoms with van der Waals surface area (Å²) in [6.45, 7) is 0.234. The number of hydrogen-bond acceptors (Lipinski definition) is 4. The molecule has 4 nitrogen and oxygen atoms in total. The molecule has 0 saturated heterocycles. The van der Waals surface area contributed by atoms with Crippen molar-refractivity contribution in [1.29, 1.82) is 0 Å². The number of aromatic nitrogens is 1. The molecule has 2 aromatic carbocycles. The summed E-state index contributed by atoms with van der Waals surface area (Å²) in [5, 5.41) is 10.4. The van der Waals surface area contributed by atoms with E-state index in [4.69, 9.17) is 9.47 Å². The van der Waals surface area contributed by atoms with Crippen molar-refractivity contribution < 1.29 is 14.6 Å². The molecule has 0 spiro atoms. The molecule has 1 unspecified atom stereocenters. The summed E-state index contributed by atoms with van der Waals surface area (Å²) in [5.74, 6) is 1.51. The Balaban J connectivity index is 1.75. The average Bonchev–Trinajstić information content (AvgIpc) is 2.68. The molecule has 0 amide bonds. The maximum Gasteiger partial charge on any atom is 0.119 e. The Hall–Kier alpha value is -2.85. The Bertz CT molecular complexity index is 791. The number of nitrogens with zero attached hydrogens (tertiary/aromatic N) is 1. The Kier molecular flexibility index (Phi) is 5.65. The Morgan fingerprint density at radius 3 is 2.48 bits per heavy atom. The van der Waals surface area contributed by atoms with Gasteiger partial charge in [-0.1, -0.05) is 30.3 Å². The van der Waals surface area contributed by atoms with Crippen molar-refractivity contribution in [3.05, 3.63) is 78.5 Å². The van der Waals surface area contributed by atoms with Gasteiger partial charge in [-0.25, -0.2) is 0 Å². The molecule has 1 heterocycles. The van der Waals surface area contributed by atoms with E-state index in [1.165, 1.54) is 0 Å². The Morgan fingerprint density at radius 1 is 0.960 bits per heavy atom. The standard InChI is InChI=1S/C21H21NO3/c1-24-19-11-10-16(20(14-19)21-9-5-6-12-22-21)13-17(23)15-25-18-7-3-2-4-8-18/h2-12,14,17,23H,13,15H2,1H3. The van der Waals surface area contributed by atoms with Gasteiger partial charge in [0.25, 0.3) is 0 Å². The summed E-state index contributed by atoms with van der Waals surface area (Å²) < 4.78 is 11.0. The van der Waals surface area contributed by atoms with Crippen molar-refractivity contribution in [2.45, 2.75) is 12.5 Å². The van der Waals surface area contributed by atoms with Gasteiger partial charge in [0.05, 0.1) is 18.9 Å². The molecule has 0 aliphatic heterocycles. The minimum absolute atomic E-state index is 0.234. The number of para-hydroxylation sites is 1. The zero-order valence-corrected chi connectivity index (χ0v) is 14.1. The molecular weight excluding hydrogens is 314 g/mol. The van der Waals surface area contributed by atoms with Crippen LogP contribution >= 0.6 is 0 Å². The fraction of sp³-hybridized carbons (Fsp3) is 0.190. The number of benzene rings is 2. The maximum atomic E-state index is 10.4.